The normalized spacial score (nSPS) is 12.8. The molecule has 1 atom stereocenters. The summed E-state index contributed by atoms with van der Waals surface area (Å²) in [6, 6.07) is 6.30. The Balaban J connectivity index is 2.37. The molecule has 0 spiro atoms. The number of hydrogen-bond acceptors (Lipinski definition) is 3. The number of aryl methyl sites for hydroxylation is 1. The topological polar surface area (TPSA) is 68.2 Å². The van der Waals surface area contributed by atoms with Crippen molar-refractivity contribution in [1.82, 2.24) is 4.57 Å². The summed E-state index contributed by atoms with van der Waals surface area (Å²) >= 11 is 1.70. The van der Waals surface area contributed by atoms with Gasteiger partial charge in [0.05, 0.1) is 5.92 Å². The number of nitrogens with zero attached hydrogens (tertiary/aromatic N) is 1. The van der Waals surface area contributed by atoms with Crippen molar-refractivity contribution in [2.75, 3.05) is 12.8 Å². The number of carboxylic acid groups (broad SMARTS) is 1. The minimum absolute atomic E-state index is 0.401. The molecule has 0 saturated carbocycles. The van der Waals surface area contributed by atoms with Crippen LogP contribution in [0.2, 0.25) is 0 Å². The lowest BCUT2D eigenvalue weighted by molar-refractivity contribution is -0.141. The van der Waals surface area contributed by atoms with E-state index in [1.165, 1.54) is 4.90 Å². The van der Waals surface area contributed by atoms with Gasteiger partial charge in [-0.1, -0.05) is 6.07 Å². The van der Waals surface area contributed by atoms with Crippen molar-refractivity contribution in [3.63, 3.8) is 0 Å². The van der Waals surface area contributed by atoms with Crippen molar-refractivity contribution in [3.05, 3.63) is 30.0 Å². The fraction of sp³-hybridized carbons (Fsp3) is 0.400. The van der Waals surface area contributed by atoms with E-state index in [9.17, 15) is 9.90 Å². The highest BCUT2D eigenvalue weighted by Gasteiger charge is 2.19. The minimum Gasteiger partial charge on any atom is -0.481 e. The Hall–Kier alpha value is -1.46. The number of carboxylic acids is 1. The molecular weight excluding hydrogens is 272 g/mol. The van der Waals surface area contributed by atoms with Crippen LogP contribution in [0.15, 0.2) is 29.3 Å². The molecule has 0 amide bonds. The van der Waals surface area contributed by atoms with Crippen molar-refractivity contribution in [3.8, 4) is 0 Å². The molecule has 0 aliphatic heterocycles. The molecule has 1 heterocycles. The molecule has 1 aromatic heterocycles. The van der Waals surface area contributed by atoms with E-state index in [1.54, 1.807) is 11.8 Å². The van der Waals surface area contributed by atoms with Gasteiger partial charge in [0.2, 0.25) is 0 Å². The zero-order chi connectivity index (χ0) is 14.7. The largest absolute Gasteiger partial charge is 0.481 e. The molecule has 2 aromatic rings. The van der Waals surface area contributed by atoms with Gasteiger partial charge in [-0.3, -0.25) is 4.79 Å². The zero-order valence-electron chi connectivity index (χ0n) is 11.8. The highest BCUT2D eigenvalue weighted by molar-refractivity contribution is 7.98. The maximum Gasteiger partial charge on any atom is 0.306 e. The third-order valence-corrected chi connectivity index (χ3v) is 4.34. The number of rotatable bonds is 6. The van der Waals surface area contributed by atoms with E-state index >= 15 is 0 Å². The van der Waals surface area contributed by atoms with Gasteiger partial charge < -0.3 is 15.4 Å². The third kappa shape index (κ3) is 2.99. The zero-order valence-corrected chi connectivity index (χ0v) is 12.6. The first-order valence-corrected chi connectivity index (χ1v) is 7.84. The molecule has 0 aliphatic carbocycles. The van der Waals surface area contributed by atoms with E-state index in [0.29, 0.717) is 19.4 Å². The van der Waals surface area contributed by atoms with Crippen molar-refractivity contribution < 1.29 is 9.90 Å². The quantitative estimate of drug-likeness (QED) is 0.803. The van der Waals surface area contributed by atoms with Crippen LogP contribution in [-0.2, 0) is 18.3 Å². The fourth-order valence-electron chi connectivity index (χ4n) is 2.52. The Morgan fingerprint density at radius 1 is 1.50 bits per heavy atom. The number of hydrogen-bond donors (Lipinski definition) is 2. The number of nitrogens with two attached hydrogens (primary N) is 1. The van der Waals surface area contributed by atoms with E-state index in [1.807, 2.05) is 19.5 Å². The van der Waals surface area contributed by atoms with Crippen LogP contribution < -0.4 is 5.73 Å². The number of carbonyl (C=O) groups is 1. The van der Waals surface area contributed by atoms with Crippen LogP contribution in [0.1, 0.15) is 12.0 Å². The van der Waals surface area contributed by atoms with Crippen molar-refractivity contribution in [2.24, 2.45) is 18.7 Å². The Labute approximate surface area is 123 Å². The summed E-state index contributed by atoms with van der Waals surface area (Å²) in [5.41, 5.74) is 7.73. The van der Waals surface area contributed by atoms with Gasteiger partial charge in [-0.25, -0.2) is 0 Å². The second kappa shape index (κ2) is 6.33. The van der Waals surface area contributed by atoms with E-state index in [-0.39, 0.29) is 0 Å². The van der Waals surface area contributed by atoms with Gasteiger partial charge in [0.15, 0.2) is 0 Å². The monoisotopic (exact) mass is 292 g/mol. The first kappa shape index (κ1) is 14.9. The van der Waals surface area contributed by atoms with Crippen LogP contribution in [0.3, 0.4) is 0 Å². The lowest BCUT2D eigenvalue weighted by Crippen LogP contribution is -2.20. The second-order valence-electron chi connectivity index (χ2n) is 4.96. The van der Waals surface area contributed by atoms with Crippen LogP contribution >= 0.6 is 11.8 Å². The fourth-order valence-corrected chi connectivity index (χ4v) is 2.95. The van der Waals surface area contributed by atoms with Crippen molar-refractivity contribution in [2.45, 2.75) is 17.7 Å². The first-order valence-electron chi connectivity index (χ1n) is 6.61. The predicted molar refractivity (Wildman–Crippen MR) is 83.2 cm³/mol. The van der Waals surface area contributed by atoms with Gasteiger partial charge >= 0.3 is 5.97 Å². The minimum atomic E-state index is -0.770. The first-order chi connectivity index (χ1) is 9.56. The lowest BCUT2D eigenvalue weighted by Gasteiger charge is -2.10. The molecule has 0 saturated heterocycles. The average molecular weight is 292 g/mol. The molecule has 0 aliphatic rings. The summed E-state index contributed by atoms with van der Waals surface area (Å²) in [5.74, 6) is -1.18. The van der Waals surface area contributed by atoms with Gasteiger partial charge in [-0.2, -0.15) is 0 Å². The molecule has 20 heavy (non-hydrogen) atoms. The summed E-state index contributed by atoms with van der Waals surface area (Å²) in [7, 11) is 1.99. The van der Waals surface area contributed by atoms with Gasteiger partial charge in [0.1, 0.15) is 0 Å². The number of aliphatic carboxylic acids is 1. The average Bonchev–Trinajstić information content (AvgIpc) is 2.74. The highest BCUT2D eigenvalue weighted by atomic mass is 32.2. The van der Waals surface area contributed by atoms with Gasteiger partial charge in [-0.05, 0) is 43.3 Å². The number of aromatic nitrogens is 1. The molecule has 0 radical (unpaired) electrons. The molecule has 3 N–H and O–H groups in total. The highest BCUT2D eigenvalue weighted by Crippen LogP contribution is 2.27. The molecule has 0 bridgehead atoms. The van der Waals surface area contributed by atoms with Crippen LogP contribution in [0.5, 0.6) is 0 Å². The maximum absolute atomic E-state index is 11.3. The van der Waals surface area contributed by atoms with Crippen LogP contribution in [-0.4, -0.2) is 28.4 Å². The standard InChI is InChI=1S/C15H20N2O2S/c1-17-9-11(7-10(5-6-16)15(18)19)13-4-3-12(20-2)8-14(13)17/h3-4,8-10H,5-7,16H2,1-2H3,(H,18,19). The number of fused-ring (bicyclic) bond motifs is 1. The van der Waals surface area contributed by atoms with E-state index in [0.717, 1.165) is 16.5 Å². The van der Waals surface area contributed by atoms with E-state index in [4.69, 9.17) is 5.73 Å². The van der Waals surface area contributed by atoms with Gasteiger partial charge in [-0.15, -0.1) is 11.8 Å². The molecule has 1 unspecified atom stereocenters. The summed E-state index contributed by atoms with van der Waals surface area (Å²) in [5, 5.41) is 10.4. The Bertz CT molecular complexity index is 622. The third-order valence-electron chi connectivity index (χ3n) is 3.61. The molecular formula is C15H20N2O2S. The number of thioether (sulfide) groups is 1. The summed E-state index contributed by atoms with van der Waals surface area (Å²) in [6.45, 7) is 0.401. The summed E-state index contributed by atoms with van der Waals surface area (Å²) in [4.78, 5) is 12.5. The van der Waals surface area contributed by atoms with Crippen molar-refractivity contribution >= 4 is 28.6 Å². The van der Waals surface area contributed by atoms with Gasteiger partial charge in [0.25, 0.3) is 0 Å². The molecule has 108 valence electrons. The van der Waals surface area contributed by atoms with E-state index < -0.39 is 11.9 Å². The maximum atomic E-state index is 11.3. The second-order valence-corrected chi connectivity index (χ2v) is 5.84. The SMILES string of the molecule is CSc1ccc2c(CC(CCN)C(=O)O)cn(C)c2c1. The molecule has 1 aromatic carbocycles. The van der Waals surface area contributed by atoms with Crippen LogP contribution in [0, 0.1) is 5.92 Å². The summed E-state index contributed by atoms with van der Waals surface area (Å²) in [6.07, 6.45) is 5.12. The Kier molecular flexibility index (Phi) is 4.73. The van der Waals surface area contributed by atoms with E-state index in [2.05, 4.69) is 22.8 Å². The van der Waals surface area contributed by atoms with Crippen LogP contribution in [0.4, 0.5) is 0 Å². The molecule has 2 rings (SSSR count). The Morgan fingerprint density at radius 3 is 2.85 bits per heavy atom. The smallest absolute Gasteiger partial charge is 0.306 e. The number of benzene rings is 1. The molecule has 0 fully saturated rings. The summed E-state index contributed by atoms with van der Waals surface area (Å²) < 4.78 is 2.06. The van der Waals surface area contributed by atoms with Crippen molar-refractivity contribution in [1.29, 1.82) is 0 Å². The lowest BCUT2D eigenvalue weighted by atomic mass is 9.96. The van der Waals surface area contributed by atoms with Gasteiger partial charge in [0, 0.05) is 29.0 Å². The molecule has 5 heteroatoms. The Morgan fingerprint density at radius 2 is 2.25 bits per heavy atom. The van der Waals surface area contributed by atoms with Crippen LogP contribution in [0.25, 0.3) is 10.9 Å². The predicted octanol–water partition coefficient (Wildman–Crippen LogP) is 2.49. The molecule has 4 nitrogen and oxygen atoms in total.